The van der Waals surface area contributed by atoms with Gasteiger partial charge in [-0.05, 0) is 31.0 Å². The van der Waals surface area contributed by atoms with E-state index in [9.17, 15) is 14.7 Å². The van der Waals surface area contributed by atoms with Crippen LogP contribution < -0.4 is 4.90 Å². The second-order valence-corrected chi connectivity index (χ2v) is 8.31. The molecule has 1 aliphatic carbocycles. The van der Waals surface area contributed by atoms with Gasteiger partial charge in [-0.3, -0.25) is 9.59 Å². The van der Waals surface area contributed by atoms with Gasteiger partial charge in [-0.25, -0.2) is 0 Å². The van der Waals surface area contributed by atoms with Crippen LogP contribution >= 0.6 is 23.2 Å². The summed E-state index contributed by atoms with van der Waals surface area (Å²) in [5, 5.41) is 12.6. The fourth-order valence-electron chi connectivity index (χ4n) is 4.40. The number of hydrogen-bond donors (Lipinski definition) is 1. The lowest BCUT2D eigenvalue weighted by Gasteiger charge is -2.30. The zero-order valence-corrected chi connectivity index (χ0v) is 16.8. The number of rotatable bonds is 3. The maximum atomic E-state index is 13.5. The molecule has 1 saturated carbocycles. The van der Waals surface area contributed by atoms with Crippen molar-refractivity contribution in [2.75, 3.05) is 4.90 Å². The summed E-state index contributed by atoms with van der Waals surface area (Å²) in [6, 6.07) is 12.3. The van der Waals surface area contributed by atoms with Gasteiger partial charge in [-0.1, -0.05) is 60.3 Å². The van der Waals surface area contributed by atoms with Gasteiger partial charge in [0.15, 0.2) is 5.60 Å². The van der Waals surface area contributed by atoms with Gasteiger partial charge in [-0.2, -0.15) is 0 Å². The number of carbonyl (C=O) groups is 2. The van der Waals surface area contributed by atoms with Gasteiger partial charge in [0, 0.05) is 27.6 Å². The number of amides is 1. The second kappa shape index (κ2) is 7.51. The summed E-state index contributed by atoms with van der Waals surface area (Å²) in [5.41, 5.74) is -0.136. The van der Waals surface area contributed by atoms with E-state index in [1.165, 1.54) is 4.90 Å². The van der Waals surface area contributed by atoms with Gasteiger partial charge in [0.05, 0.1) is 18.2 Å². The van der Waals surface area contributed by atoms with E-state index in [2.05, 4.69) is 0 Å². The molecule has 4 nitrogen and oxygen atoms in total. The van der Waals surface area contributed by atoms with Crippen LogP contribution in [0.5, 0.6) is 0 Å². The summed E-state index contributed by atoms with van der Waals surface area (Å²) in [6.45, 7) is 0.136. The van der Waals surface area contributed by atoms with Gasteiger partial charge in [0.1, 0.15) is 5.78 Å². The zero-order valence-electron chi connectivity index (χ0n) is 15.3. The Morgan fingerprint density at radius 1 is 1.00 bits per heavy atom. The molecule has 1 amide bonds. The molecule has 1 N–H and O–H groups in total. The topological polar surface area (TPSA) is 57.6 Å². The summed E-state index contributed by atoms with van der Waals surface area (Å²) in [7, 11) is 0. The smallest absolute Gasteiger partial charge is 0.264 e. The predicted octanol–water partition coefficient (Wildman–Crippen LogP) is 4.88. The van der Waals surface area contributed by atoms with Crippen LogP contribution in [0.4, 0.5) is 5.69 Å². The summed E-state index contributed by atoms with van der Waals surface area (Å²) >= 11 is 12.6. The standard InChI is InChI=1S/C22H21Cl2NO3/c23-17-9-6-10-18(24)14(17)13-25-19-11-5-4-7-15(19)22(28,21(25)27)16-8-2-1-3-12-20(16)26/h4-7,9-11,16,28H,1-3,8,12-13H2/t16-,22+/m0/s1. The first-order valence-corrected chi connectivity index (χ1v) is 10.3. The normalized spacial score (nSPS) is 25.0. The number of halogens is 2. The lowest BCUT2D eigenvalue weighted by Crippen LogP contribution is -2.48. The number of nitrogens with zero attached hydrogens (tertiary/aromatic N) is 1. The van der Waals surface area contributed by atoms with E-state index in [1.54, 1.807) is 36.4 Å². The monoisotopic (exact) mass is 417 g/mol. The molecule has 0 aromatic heterocycles. The Labute approximate surface area is 174 Å². The van der Waals surface area contributed by atoms with Crippen molar-refractivity contribution >= 4 is 40.6 Å². The average Bonchev–Trinajstić information content (AvgIpc) is 2.82. The van der Waals surface area contributed by atoms with Gasteiger partial charge < -0.3 is 10.0 Å². The third-order valence-corrected chi connectivity index (χ3v) is 6.57. The Morgan fingerprint density at radius 2 is 1.71 bits per heavy atom. The Balaban J connectivity index is 1.79. The van der Waals surface area contributed by atoms with Crippen molar-refractivity contribution in [3.05, 3.63) is 63.6 Å². The van der Waals surface area contributed by atoms with E-state index < -0.39 is 17.4 Å². The fourth-order valence-corrected chi connectivity index (χ4v) is 4.92. The number of fused-ring (bicyclic) bond motifs is 1. The molecule has 1 aliphatic heterocycles. The number of anilines is 1. The van der Waals surface area contributed by atoms with Crippen molar-refractivity contribution in [1.29, 1.82) is 0 Å². The van der Waals surface area contributed by atoms with Crippen LogP contribution in [0, 0.1) is 5.92 Å². The highest BCUT2D eigenvalue weighted by Gasteiger charge is 2.56. The van der Waals surface area contributed by atoms with Crippen LogP contribution in [0.2, 0.25) is 10.0 Å². The minimum absolute atomic E-state index is 0.0409. The average molecular weight is 418 g/mol. The molecule has 2 atom stereocenters. The van der Waals surface area contributed by atoms with Crippen molar-refractivity contribution in [1.82, 2.24) is 0 Å². The molecule has 0 unspecified atom stereocenters. The van der Waals surface area contributed by atoms with Gasteiger partial charge in [-0.15, -0.1) is 0 Å². The van der Waals surface area contributed by atoms with Gasteiger partial charge in [0.25, 0.3) is 5.91 Å². The molecule has 28 heavy (non-hydrogen) atoms. The largest absolute Gasteiger partial charge is 0.375 e. The first kappa shape index (κ1) is 19.4. The number of ketones is 1. The van der Waals surface area contributed by atoms with Crippen LogP contribution in [0.15, 0.2) is 42.5 Å². The molecule has 0 saturated heterocycles. The number of benzene rings is 2. The Hall–Kier alpha value is -1.88. The summed E-state index contributed by atoms with van der Waals surface area (Å²) in [6.07, 6.45) is 3.48. The third-order valence-electron chi connectivity index (χ3n) is 5.86. The molecular weight excluding hydrogens is 397 g/mol. The van der Waals surface area contributed by atoms with Crippen molar-refractivity contribution in [3.63, 3.8) is 0 Å². The number of carbonyl (C=O) groups excluding carboxylic acids is 2. The molecule has 4 rings (SSSR count). The van der Waals surface area contributed by atoms with Gasteiger partial charge >= 0.3 is 0 Å². The van der Waals surface area contributed by atoms with Crippen molar-refractivity contribution in [2.24, 2.45) is 5.92 Å². The van der Waals surface area contributed by atoms with E-state index in [1.807, 2.05) is 6.07 Å². The van der Waals surface area contributed by atoms with Crippen molar-refractivity contribution in [3.8, 4) is 0 Å². The molecule has 2 aromatic rings. The minimum atomic E-state index is -1.84. The maximum Gasteiger partial charge on any atom is 0.264 e. The SMILES string of the molecule is O=C1CCCCC[C@@H]1[C@@]1(O)C(=O)N(Cc2c(Cl)cccc2Cl)c2ccccc21. The molecule has 6 heteroatoms. The van der Waals surface area contributed by atoms with Crippen LogP contribution in [0.1, 0.15) is 43.2 Å². The van der Waals surface area contributed by atoms with Crippen LogP contribution in [-0.2, 0) is 21.7 Å². The summed E-state index contributed by atoms with van der Waals surface area (Å²) in [5.74, 6) is -1.25. The first-order chi connectivity index (χ1) is 13.4. The highest BCUT2D eigenvalue weighted by Crippen LogP contribution is 2.48. The zero-order chi connectivity index (χ0) is 19.9. The van der Waals surface area contributed by atoms with Gasteiger partial charge in [0.2, 0.25) is 0 Å². The number of para-hydroxylation sites is 1. The highest BCUT2D eigenvalue weighted by molar-refractivity contribution is 6.36. The summed E-state index contributed by atoms with van der Waals surface area (Å²) in [4.78, 5) is 27.8. The molecule has 0 radical (unpaired) electrons. The molecule has 2 aliphatic rings. The molecule has 1 heterocycles. The Morgan fingerprint density at radius 3 is 2.46 bits per heavy atom. The Kier molecular flexibility index (Phi) is 5.21. The predicted molar refractivity (Wildman–Crippen MR) is 110 cm³/mol. The van der Waals surface area contributed by atoms with Crippen molar-refractivity contribution < 1.29 is 14.7 Å². The van der Waals surface area contributed by atoms with E-state index in [0.717, 1.165) is 19.3 Å². The van der Waals surface area contributed by atoms with Crippen molar-refractivity contribution in [2.45, 2.75) is 44.2 Å². The van der Waals surface area contributed by atoms with Crippen LogP contribution in [-0.4, -0.2) is 16.8 Å². The molecule has 1 fully saturated rings. The van der Waals surface area contributed by atoms with E-state index in [0.29, 0.717) is 39.7 Å². The second-order valence-electron chi connectivity index (χ2n) is 7.49. The molecular formula is C22H21Cl2NO3. The quantitative estimate of drug-likeness (QED) is 0.724. The lowest BCUT2D eigenvalue weighted by molar-refractivity contribution is -0.150. The lowest BCUT2D eigenvalue weighted by atomic mass is 9.77. The summed E-state index contributed by atoms with van der Waals surface area (Å²) < 4.78 is 0. The van der Waals surface area contributed by atoms with E-state index in [-0.39, 0.29) is 12.3 Å². The number of aliphatic hydroxyl groups is 1. The molecule has 2 aromatic carbocycles. The van der Waals surface area contributed by atoms with Crippen LogP contribution in [0.3, 0.4) is 0 Å². The highest BCUT2D eigenvalue weighted by atomic mass is 35.5. The number of Topliss-reactive ketones (excluding diaryl/α,β-unsaturated/α-hetero) is 1. The first-order valence-electron chi connectivity index (χ1n) is 9.54. The van der Waals surface area contributed by atoms with E-state index in [4.69, 9.17) is 23.2 Å². The third kappa shape index (κ3) is 3.04. The van der Waals surface area contributed by atoms with Crippen LogP contribution in [0.25, 0.3) is 0 Å². The molecule has 0 bridgehead atoms. The van der Waals surface area contributed by atoms with E-state index >= 15 is 0 Å². The Bertz CT molecular complexity index is 925. The molecule has 0 spiro atoms. The minimum Gasteiger partial charge on any atom is -0.375 e. The maximum absolute atomic E-state index is 13.5. The fraction of sp³-hybridized carbons (Fsp3) is 0.364. The number of hydrogen-bond acceptors (Lipinski definition) is 3. The molecule has 146 valence electrons.